The number of nitrogens with one attached hydrogen (secondary N) is 1. The molecule has 1 saturated heterocycles. The quantitative estimate of drug-likeness (QED) is 0.866. The summed E-state index contributed by atoms with van der Waals surface area (Å²) in [6.07, 6.45) is -0.317. The van der Waals surface area contributed by atoms with Gasteiger partial charge in [-0.3, -0.25) is 0 Å². The van der Waals surface area contributed by atoms with Crippen LogP contribution in [-0.2, 0) is 4.74 Å². The molecule has 0 spiro atoms. The minimum absolute atomic E-state index is 0.249. The molecule has 1 fully saturated rings. The fourth-order valence-corrected chi connectivity index (χ4v) is 2.24. The van der Waals surface area contributed by atoms with E-state index in [1.54, 1.807) is 29.2 Å². The molecule has 2 rings (SSSR count). The van der Waals surface area contributed by atoms with Gasteiger partial charge in [0, 0.05) is 19.6 Å². The average Bonchev–Trinajstić information content (AvgIpc) is 2.71. The Morgan fingerprint density at radius 1 is 1.13 bits per heavy atom. The van der Waals surface area contributed by atoms with E-state index in [0.29, 0.717) is 26.2 Å². The van der Waals surface area contributed by atoms with Crippen LogP contribution in [-0.4, -0.2) is 53.8 Å². The summed E-state index contributed by atoms with van der Waals surface area (Å²) in [6.45, 7) is 7.80. The number of carboxylic acids is 1. The molecule has 1 aliphatic heterocycles. The highest BCUT2D eigenvalue weighted by atomic mass is 16.6. The van der Waals surface area contributed by atoms with E-state index in [1.165, 1.54) is 0 Å². The summed E-state index contributed by atoms with van der Waals surface area (Å²) in [7, 11) is 0. The van der Waals surface area contributed by atoms with Crippen molar-refractivity contribution in [2.45, 2.75) is 26.4 Å². The Bertz CT molecular complexity index is 566. The predicted molar refractivity (Wildman–Crippen MR) is 86.6 cm³/mol. The number of aromatic carboxylic acids is 1. The molecule has 0 atom stereocenters. The van der Waals surface area contributed by atoms with Crippen LogP contribution in [0.2, 0.25) is 0 Å². The Morgan fingerprint density at radius 3 is 2.35 bits per heavy atom. The van der Waals surface area contributed by atoms with E-state index in [-0.39, 0.29) is 11.7 Å². The van der Waals surface area contributed by atoms with Crippen LogP contribution in [0.15, 0.2) is 24.3 Å². The zero-order chi connectivity index (χ0) is 17.0. The van der Waals surface area contributed by atoms with Gasteiger partial charge in [0.25, 0.3) is 0 Å². The first kappa shape index (κ1) is 17.1. The second-order valence-electron chi connectivity index (χ2n) is 6.38. The van der Waals surface area contributed by atoms with Crippen molar-refractivity contribution in [3.8, 4) is 0 Å². The van der Waals surface area contributed by atoms with Gasteiger partial charge in [-0.1, -0.05) is 0 Å². The number of hydrogen-bond donors (Lipinski definition) is 2. The average molecular weight is 321 g/mol. The first-order valence-corrected chi connectivity index (χ1v) is 7.58. The molecule has 0 aromatic heterocycles. The zero-order valence-electron chi connectivity index (χ0n) is 13.7. The maximum Gasteiger partial charge on any atom is 0.410 e. The van der Waals surface area contributed by atoms with Gasteiger partial charge in [-0.25, -0.2) is 15.0 Å². The van der Waals surface area contributed by atoms with Gasteiger partial charge in [-0.05, 0) is 45.0 Å². The first-order valence-electron chi connectivity index (χ1n) is 7.58. The van der Waals surface area contributed by atoms with Gasteiger partial charge in [0.05, 0.1) is 17.8 Å². The molecule has 1 amide bonds. The third kappa shape index (κ3) is 4.85. The smallest absolute Gasteiger partial charge is 0.410 e. The summed E-state index contributed by atoms with van der Waals surface area (Å²) in [5, 5.41) is 10.8. The van der Waals surface area contributed by atoms with E-state index in [4.69, 9.17) is 9.84 Å². The molecule has 0 aliphatic carbocycles. The van der Waals surface area contributed by atoms with Crippen molar-refractivity contribution in [3.63, 3.8) is 0 Å². The van der Waals surface area contributed by atoms with Crippen LogP contribution in [0, 0.1) is 0 Å². The van der Waals surface area contributed by atoms with Gasteiger partial charge in [0.2, 0.25) is 0 Å². The first-order chi connectivity index (χ1) is 10.8. The third-order valence-corrected chi connectivity index (χ3v) is 3.36. The van der Waals surface area contributed by atoms with E-state index in [0.717, 1.165) is 5.69 Å². The van der Waals surface area contributed by atoms with Crippen molar-refractivity contribution < 1.29 is 19.4 Å². The second kappa shape index (κ2) is 6.87. The summed E-state index contributed by atoms with van der Waals surface area (Å²) in [5.74, 6) is -0.948. The lowest BCUT2D eigenvalue weighted by atomic mass is 10.2. The number of hydrazine groups is 1. The van der Waals surface area contributed by atoms with E-state index in [1.807, 2.05) is 25.8 Å². The molecule has 7 heteroatoms. The Morgan fingerprint density at radius 2 is 1.78 bits per heavy atom. The molecule has 2 N–H and O–H groups in total. The van der Waals surface area contributed by atoms with E-state index in [2.05, 4.69) is 5.43 Å². The number of carboxylic acid groups (broad SMARTS) is 1. The molecule has 126 valence electrons. The molecular weight excluding hydrogens is 298 g/mol. The Balaban J connectivity index is 1.98. The van der Waals surface area contributed by atoms with Crippen LogP contribution in [0.3, 0.4) is 0 Å². The molecule has 0 radical (unpaired) electrons. The van der Waals surface area contributed by atoms with Crippen molar-refractivity contribution in [2.75, 3.05) is 31.2 Å². The monoisotopic (exact) mass is 321 g/mol. The fourth-order valence-electron chi connectivity index (χ4n) is 2.24. The topological polar surface area (TPSA) is 82.1 Å². The minimum atomic E-state index is -0.948. The Kier molecular flexibility index (Phi) is 5.10. The largest absolute Gasteiger partial charge is 0.478 e. The van der Waals surface area contributed by atoms with Crippen LogP contribution >= 0.6 is 0 Å². The molecule has 1 heterocycles. The van der Waals surface area contributed by atoms with Gasteiger partial charge >= 0.3 is 12.1 Å². The number of ether oxygens (including phenoxy) is 1. The molecule has 1 aromatic rings. The molecule has 1 aromatic carbocycles. The summed E-state index contributed by atoms with van der Waals surface area (Å²) in [5.41, 5.74) is 3.83. The lowest BCUT2D eigenvalue weighted by molar-refractivity contribution is 0.0267. The highest BCUT2D eigenvalue weighted by molar-refractivity contribution is 5.88. The molecular formula is C16H23N3O4. The molecule has 0 saturated carbocycles. The van der Waals surface area contributed by atoms with Crippen molar-refractivity contribution in [3.05, 3.63) is 29.8 Å². The van der Waals surface area contributed by atoms with Gasteiger partial charge in [-0.15, -0.1) is 0 Å². The number of benzene rings is 1. The summed E-state index contributed by atoms with van der Waals surface area (Å²) < 4.78 is 5.39. The molecule has 0 unspecified atom stereocenters. The molecule has 23 heavy (non-hydrogen) atoms. The van der Waals surface area contributed by atoms with Gasteiger partial charge < -0.3 is 19.8 Å². The van der Waals surface area contributed by atoms with E-state index in [9.17, 15) is 9.59 Å². The fraction of sp³-hybridized carbons (Fsp3) is 0.500. The normalized spacial score (nSPS) is 16.0. The molecule has 0 bridgehead atoms. The zero-order valence-corrected chi connectivity index (χ0v) is 13.7. The molecule has 7 nitrogen and oxygen atoms in total. The second-order valence-corrected chi connectivity index (χ2v) is 6.38. The summed E-state index contributed by atoms with van der Waals surface area (Å²) >= 11 is 0. The number of carbonyl (C=O) groups is 2. The summed E-state index contributed by atoms with van der Waals surface area (Å²) in [4.78, 5) is 24.7. The van der Waals surface area contributed by atoms with E-state index < -0.39 is 11.6 Å². The van der Waals surface area contributed by atoms with Gasteiger partial charge in [-0.2, -0.15) is 0 Å². The third-order valence-electron chi connectivity index (χ3n) is 3.36. The van der Waals surface area contributed by atoms with Crippen LogP contribution in [0.5, 0.6) is 0 Å². The number of carbonyl (C=O) groups excluding carboxylic acids is 1. The van der Waals surface area contributed by atoms with Crippen molar-refractivity contribution in [2.24, 2.45) is 0 Å². The predicted octanol–water partition coefficient (Wildman–Crippen LogP) is 1.95. The lowest BCUT2D eigenvalue weighted by Gasteiger charge is -2.26. The summed E-state index contributed by atoms with van der Waals surface area (Å²) in [6, 6.07) is 6.63. The van der Waals surface area contributed by atoms with Crippen molar-refractivity contribution >= 4 is 17.7 Å². The van der Waals surface area contributed by atoms with Crippen molar-refractivity contribution in [1.29, 1.82) is 0 Å². The highest BCUT2D eigenvalue weighted by Gasteiger charge is 2.24. The maximum absolute atomic E-state index is 12.1. The Labute approximate surface area is 135 Å². The van der Waals surface area contributed by atoms with Crippen LogP contribution in [0.4, 0.5) is 10.5 Å². The van der Waals surface area contributed by atoms with Gasteiger partial charge in [0.1, 0.15) is 5.60 Å². The number of anilines is 1. The van der Waals surface area contributed by atoms with Crippen LogP contribution < -0.4 is 10.4 Å². The lowest BCUT2D eigenvalue weighted by Crippen LogP contribution is -2.39. The van der Waals surface area contributed by atoms with Gasteiger partial charge in [0.15, 0.2) is 0 Å². The van der Waals surface area contributed by atoms with E-state index >= 15 is 0 Å². The Hall–Kier alpha value is -2.28. The van der Waals surface area contributed by atoms with Crippen LogP contribution in [0.25, 0.3) is 0 Å². The highest BCUT2D eigenvalue weighted by Crippen LogP contribution is 2.16. The SMILES string of the molecule is CC(C)(C)OC(=O)N1CCNN(c2ccc(C(=O)O)cc2)CC1. The maximum atomic E-state index is 12.1. The van der Waals surface area contributed by atoms with Crippen molar-refractivity contribution in [1.82, 2.24) is 10.3 Å². The minimum Gasteiger partial charge on any atom is -0.478 e. The molecule has 1 aliphatic rings. The van der Waals surface area contributed by atoms with Crippen LogP contribution in [0.1, 0.15) is 31.1 Å². The standard InChI is InChI=1S/C16H23N3O4/c1-16(2,3)23-15(22)18-9-8-17-19(11-10-18)13-6-4-12(5-7-13)14(20)21/h4-7,17H,8-11H2,1-3H3,(H,20,21). The number of nitrogens with zero attached hydrogens (tertiary/aromatic N) is 2. The number of rotatable bonds is 2. The number of hydrogen-bond acceptors (Lipinski definition) is 5. The number of amides is 1.